The van der Waals surface area contributed by atoms with Crippen LogP contribution in [0.3, 0.4) is 0 Å². The Morgan fingerprint density at radius 1 is 0.727 bits per heavy atom. The molecule has 0 nitrogen and oxygen atoms in total. The van der Waals surface area contributed by atoms with Gasteiger partial charge >= 0.3 is 0 Å². The first-order chi connectivity index (χ1) is 5.04. The Hall–Kier alpha value is -0.270. The van der Waals surface area contributed by atoms with Crippen LogP contribution in [0.25, 0.3) is 0 Å². The van der Waals surface area contributed by atoms with E-state index in [4.69, 9.17) is 0 Å². The molecule has 0 aromatic rings. The fourth-order valence-electron chi connectivity index (χ4n) is 0.418. The van der Waals surface area contributed by atoms with E-state index in [9.17, 15) is 22.0 Å². The summed E-state index contributed by atoms with van der Waals surface area (Å²) in [5.74, 6) is -5.89. The van der Waals surface area contributed by atoms with Crippen molar-refractivity contribution in [1.29, 1.82) is 0 Å². The van der Waals surface area contributed by atoms with Crippen molar-refractivity contribution in [1.82, 2.24) is 0 Å². The van der Waals surface area contributed by atoms with Gasteiger partial charge in [0.25, 0.3) is 0 Å². The van der Waals surface area contributed by atoms with Crippen LogP contribution in [0.5, 0.6) is 0 Å². The first-order valence-corrected chi connectivity index (χ1v) is 4.48. The molecule has 0 saturated carbocycles. The summed E-state index contributed by atoms with van der Waals surface area (Å²) in [6, 6.07) is 0. The zero-order valence-electron chi connectivity index (χ0n) is 4.77. The molecule has 0 spiro atoms. The molecule has 1 aliphatic heterocycles. The van der Waals surface area contributed by atoms with Crippen molar-refractivity contribution in [2.75, 3.05) is 0 Å². The fourth-order valence-corrected chi connectivity index (χ4v) is 1.78. The summed E-state index contributed by atoms with van der Waals surface area (Å²) < 4.78 is 57.4. The Morgan fingerprint density at radius 3 is 1.82 bits per heavy atom. The lowest BCUT2D eigenvalue weighted by Gasteiger charge is -2.01. The summed E-state index contributed by atoms with van der Waals surface area (Å²) >= 11 is -2.10. The maximum atomic E-state index is 12.1. The van der Waals surface area contributed by atoms with Gasteiger partial charge in [-0.1, -0.05) is 0 Å². The van der Waals surface area contributed by atoms with Crippen LogP contribution < -0.4 is 0 Å². The molecule has 0 aromatic heterocycles. The molecule has 0 saturated heterocycles. The Kier molecular flexibility index (Phi) is 2.40. The van der Waals surface area contributed by atoms with Gasteiger partial charge in [-0.25, -0.2) is 4.39 Å². The van der Waals surface area contributed by atoms with E-state index >= 15 is 0 Å². The topological polar surface area (TPSA) is 0 Å². The van der Waals surface area contributed by atoms with Gasteiger partial charge in [-0.3, -0.25) is 0 Å². The molecular weight excluding hydrogens is 282 g/mol. The molecule has 6 heteroatoms. The zero-order chi connectivity index (χ0) is 8.59. The SMILES string of the molecule is FC1=IC(F)=C(F)C(F)=C1F. The van der Waals surface area contributed by atoms with E-state index in [1.165, 1.54) is 0 Å². The third-order valence-corrected chi connectivity index (χ3v) is 2.78. The summed E-state index contributed by atoms with van der Waals surface area (Å²) in [5, 5.41) is 0. The van der Waals surface area contributed by atoms with Crippen LogP contribution >= 0.6 is 20.7 Å². The number of hydrogen-bond donors (Lipinski definition) is 0. The van der Waals surface area contributed by atoms with E-state index in [1.54, 1.807) is 0 Å². The van der Waals surface area contributed by atoms with Gasteiger partial charge in [0.15, 0.2) is 7.60 Å². The molecule has 0 amide bonds. The molecule has 1 aliphatic rings. The molecule has 0 aliphatic carbocycles. The van der Waals surface area contributed by atoms with Gasteiger partial charge in [-0.2, -0.15) is 17.6 Å². The van der Waals surface area contributed by atoms with Gasteiger partial charge < -0.3 is 0 Å². The molecule has 0 radical (unpaired) electrons. The van der Waals surface area contributed by atoms with Gasteiger partial charge in [0.1, 0.15) is 0 Å². The lowest BCUT2D eigenvalue weighted by molar-refractivity contribution is 0.485. The van der Waals surface area contributed by atoms with Gasteiger partial charge in [-0.15, -0.1) is 0 Å². The van der Waals surface area contributed by atoms with Gasteiger partial charge in [-0.05, 0) is 20.7 Å². The van der Waals surface area contributed by atoms with E-state index in [0.29, 0.717) is 0 Å². The molecule has 0 bridgehead atoms. The van der Waals surface area contributed by atoms with Crippen molar-refractivity contribution in [3.05, 3.63) is 21.3 Å². The second kappa shape index (κ2) is 3.00. The van der Waals surface area contributed by atoms with Gasteiger partial charge in [0.05, 0.1) is 0 Å². The molecule has 11 heavy (non-hydrogen) atoms. The predicted molar refractivity (Wildman–Crippen MR) is 38.6 cm³/mol. The molecule has 1 heterocycles. The third kappa shape index (κ3) is 1.49. The second-order valence-electron chi connectivity index (χ2n) is 1.56. The van der Waals surface area contributed by atoms with Crippen molar-refractivity contribution < 1.29 is 22.0 Å². The minimum atomic E-state index is -2.10. The van der Waals surface area contributed by atoms with E-state index < -0.39 is 45.8 Å². The number of halogens is 6. The first-order valence-electron chi connectivity index (χ1n) is 2.32. The number of hydrogen-bond acceptors (Lipinski definition) is 0. The minimum Gasteiger partial charge on any atom is -0.200 e. The van der Waals surface area contributed by atoms with Gasteiger partial charge in [0, 0.05) is 0 Å². The predicted octanol–water partition coefficient (Wildman–Crippen LogP) is 3.33. The van der Waals surface area contributed by atoms with Gasteiger partial charge in [0.2, 0.25) is 17.5 Å². The van der Waals surface area contributed by atoms with Crippen LogP contribution in [0.4, 0.5) is 22.0 Å². The van der Waals surface area contributed by atoms with Crippen LogP contribution in [0.2, 0.25) is 0 Å². The summed E-state index contributed by atoms with van der Waals surface area (Å²) in [6.07, 6.45) is 0. The van der Waals surface area contributed by atoms with E-state index in [1.807, 2.05) is 0 Å². The molecule has 0 fully saturated rings. The highest BCUT2D eigenvalue weighted by Gasteiger charge is 2.25. The third-order valence-electron chi connectivity index (χ3n) is 0.883. The van der Waals surface area contributed by atoms with Crippen molar-refractivity contribution in [2.24, 2.45) is 0 Å². The zero-order valence-corrected chi connectivity index (χ0v) is 6.93. The van der Waals surface area contributed by atoms with Crippen LogP contribution in [-0.4, -0.2) is 3.76 Å². The maximum Gasteiger partial charge on any atom is 0.203 e. The fraction of sp³-hybridized carbons (Fsp3) is 0. The number of rotatable bonds is 0. The summed E-state index contributed by atoms with van der Waals surface area (Å²) in [4.78, 5) is 0. The Labute approximate surface area is 68.1 Å². The van der Waals surface area contributed by atoms with Crippen molar-refractivity contribution in [3.8, 4) is 0 Å². The summed E-state index contributed by atoms with van der Waals surface area (Å²) in [5.41, 5.74) is 0. The van der Waals surface area contributed by atoms with Crippen LogP contribution in [0, 0.1) is 0 Å². The van der Waals surface area contributed by atoms with Crippen molar-refractivity contribution >= 4 is 24.5 Å². The van der Waals surface area contributed by atoms with E-state index in [-0.39, 0.29) is 0 Å². The summed E-state index contributed by atoms with van der Waals surface area (Å²) in [6.45, 7) is 0. The lowest BCUT2D eigenvalue weighted by Crippen LogP contribution is -1.95. The van der Waals surface area contributed by atoms with E-state index in [0.717, 1.165) is 0 Å². The second-order valence-corrected chi connectivity index (χ2v) is 3.99. The van der Waals surface area contributed by atoms with Crippen LogP contribution in [0.15, 0.2) is 21.3 Å². The highest BCUT2D eigenvalue weighted by atomic mass is 127. The maximum absolute atomic E-state index is 12.1. The molecule has 1 rings (SSSR count). The smallest absolute Gasteiger partial charge is 0.200 e. The summed E-state index contributed by atoms with van der Waals surface area (Å²) in [7, 11) is 0. The normalized spacial score (nSPS) is 19.9. The average Bonchev–Trinajstić information content (AvgIpc) is 1.97. The molecule has 0 N–H and O–H groups in total. The standard InChI is InChI=1S/C5F5I/c6-1-2(7)4(9)11-5(10)3(1)8. The monoisotopic (exact) mass is 282 g/mol. The van der Waals surface area contributed by atoms with Crippen molar-refractivity contribution in [3.63, 3.8) is 0 Å². The van der Waals surface area contributed by atoms with Crippen LogP contribution in [-0.2, 0) is 0 Å². The lowest BCUT2D eigenvalue weighted by atomic mass is 10.4. The minimum absolute atomic E-state index is 1.51. The van der Waals surface area contributed by atoms with E-state index in [2.05, 4.69) is 0 Å². The Morgan fingerprint density at radius 2 is 1.27 bits per heavy atom. The largest absolute Gasteiger partial charge is 0.203 e. The molecule has 0 atom stereocenters. The van der Waals surface area contributed by atoms with Crippen molar-refractivity contribution in [2.45, 2.75) is 0 Å². The molecule has 62 valence electrons. The quantitative estimate of drug-likeness (QED) is 0.472. The average molecular weight is 282 g/mol. The Balaban J connectivity index is 3.28. The number of allylic oxidation sites excluding steroid dienone is 3. The molecular formula is C5F5I. The molecule has 0 aromatic carbocycles. The molecule has 0 unspecified atom stereocenters. The van der Waals surface area contributed by atoms with Crippen LogP contribution in [0.1, 0.15) is 0 Å². The first kappa shape index (κ1) is 8.82. The highest BCUT2D eigenvalue weighted by Crippen LogP contribution is 2.37. The highest BCUT2D eigenvalue weighted by molar-refractivity contribution is 14.2. The Bertz CT molecular complexity index is 282.